The van der Waals surface area contributed by atoms with Crippen LogP contribution in [0, 0.1) is 5.82 Å². The van der Waals surface area contributed by atoms with Gasteiger partial charge in [0.15, 0.2) is 5.96 Å². The van der Waals surface area contributed by atoms with Crippen molar-refractivity contribution in [2.75, 3.05) is 19.7 Å². The van der Waals surface area contributed by atoms with E-state index in [-0.39, 0.29) is 29.8 Å². The molecule has 2 aromatic rings. The molecule has 0 amide bonds. The fourth-order valence-electron chi connectivity index (χ4n) is 1.87. The standard InChI is InChI=1S/C17H21FN4O.HI/c1-2-20-17(22-12-14-5-7-15(18)8-6-14)21-10-11-23-16-4-3-9-19-13-16;/h3-9,13H,2,10-12H2,1H3,(H2,20,21,22);1H. The summed E-state index contributed by atoms with van der Waals surface area (Å²) in [5.41, 5.74) is 0.954. The van der Waals surface area contributed by atoms with Crippen LogP contribution in [0.15, 0.2) is 53.8 Å². The molecule has 0 bridgehead atoms. The molecule has 5 nitrogen and oxygen atoms in total. The van der Waals surface area contributed by atoms with Gasteiger partial charge >= 0.3 is 0 Å². The third-order valence-corrected chi connectivity index (χ3v) is 2.97. The maximum absolute atomic E-state index is 12.9. The Balaban J connectivity index is 0.00000288. The first-order valence-electron chi connectivity index (χ1n) is 7.57. The van der Waals surface area contributed by atoms with Gasteiger partial charge in [-0.05, 0) is 36.8 Å². The highest BCUT2D eigenvalue weighted by atomic mass is 127. The summed E-state index contributed by atoms with van der Waals surface area (Å²) in [4.78, 5) is 8.45. The lowest BCUT2D eigenvalue weighted by atomic mass is 10.2. The summed E-state index contributed by atoms with van der Waals surface area (Å²) in [5.74, 6) is 1.20. The number of guanidine groups is 1. The lowest BCUT2D eigenvalue weighted by Crippen LogP contribution is -2.39. The molecule has 1 heterocycles. The smallest absolute Gasteiger partial charge is 0.191 e. The van der Waals surface area contributed by atoms with Crippen LogP contribution in [0.5, 0.6) is 5.75 Å². The van der Waals surface area contributed by atoms with Crippen molar-refractivity contribution in [1.82, 2.24) is 15.6 Å². The molecule has 0 aliphatic heterocycles. The van der Waals surface area contributed by atoms with Gasteiger partial charge in [-0.2, -0.15) is 0 Å². The van der Waals surface area contributed by atoms with E-state index in [0.717, 1.165) is 17.9 Å². The van der Waals surface area contributed by atoms with E-state index in [2.05, 4.69) is 20.6 Å². The number of halogens is 2. The molecule has 1 aromatic carbocycles. The summed E-state index contributed by atoms with van der Waals surface area (Å²) in [6, 6.07) is 10.0. The van der Waals surface area contributed by atoms with Crippen molar-refractivity contribution < 1.29 is 9.13 Å². The molecule has 2 rings (SSSR count). The Morgan fingerprint density at radius 2 is 2.00 bits per heavy atom. The topological polar surface area (TPSA) is 58.5 Å². The number of nitrogens with one attached hydrogen (secondary N) is 2. The number of aromatic nitrogens is 1. The van der Waals surface area contributed by atoms with Crippen molar-refractivity contribution >= 4 is 29.9 Å². The summed E-state index contributed by atoms with van der Waals surface area (Å²) >= 11 is 0. The summed E-state index contributed by atoms with van der Waals surface area (Å²) in [6.07, 6.45) is 3.38. The zero-order valence-corrected chi connectivity index (χ0v) is 15.9. The molecule has 0 aliphatic rings. The Hall–Kier alpha value is -1.90. The molecule has 130 valence electrons. The van der Waals surface area contributed by atoms with Crippen molar-refractivity contribution in [3.05, 3.63) is 60.2 Å². The highest BCUT2D eigenvalue weighted by Crippen LogP contribution is 2.05. The molecule has 0 saturated heterocycles. The highest BCUT2D eigenvalue weighted by Gasteiger charge is 1.99. The Bertz CT molecular complexity index is 608. The Labute approximate surface area is 158 Å². The lowest BCUT2D eigenvalue weighted by molar-refractivity contribution is 0.320. The van der Waals surface area contributed by atoms with E-state index in [1.165, 1.54) is 12.1 Å². The van der Waals surface area contributed by atoms with Gasteiger partial charge in [-0.15, -0.1) is 24.0 Å². The van der Waals surface area contributed by atoms with Crippen LogP contribution < -0.4 is 15.4 Å². The number of benzene rings is 1. The Kier molecular flexibility index (Phi) is 9.74. The molecule has 0 spiro atoms. The number of ether oxygens (including phenoxy) is 1. The van der Waals surface area contributed by atoms with Crippen LogP contribution in [0.25, 0.3) is 0 Å². The van der Waals surface area contributed by atoms with Gasteiger partial charge in [-0.3, -0.25) is 4.98 Å². The van der Waals surface area contributed by atoms with Crippen LogP contribution in [0.3, 0.4) is 0 Å². The molecule has 1 aromatic heterocycles. The SMILES string of the molecule is CCNC(=NCc1ccc(F)cc1)NCCOc1cccnc1.I. The van der Waals surface area contributed by atoms with Gasteiger partial charge in [0.2, 0.25) is 0 Å². The molecular weight excluding hydrogens is 422 g/mol. The third-order valence-electron chi connectivity index (χ3n) is 2.97. The summed E-state index contributed by atoms with van der Waals surface area (Å²) < 4.78 is 18.4. The number of aliphatic imine (C=N–C) groups is 1. The molecule has 0 aliphatic carbocycles. The first-order valence-corrected chi connectivity index (χ1v) is 7.57. The quantitative estimate of drug-likeness (QED) is 0.299. The molecule has 24 heavy (non-hydrogen) atoms. The summed E-state index contributed by atoms with van der Waals surface area (Å²) in [5, 5.41) is 6.35. The maximum atomic E-state index is 12.9. The van der Waals surface area contributed by atoms with E-state index in [0.29, 0.717) is 25.7 Å². The maximum Gasteiger partial charge on any atom is 0.191 e. The van der Waals surface area contributed by atoms with E-state index >= 15 is 0 Å². The second-order valence-corrected chi connectivity index (χ2v) is 4.79. The van der Waals surface area contributed by atoms with E-state index in [9.17, 15) is 4.39 Å². The van der Waals surface area contributed by atoms with E-state index in [1.807, 2.05) is 19.1 Å². The predicted molar refractivity (Wildman–Crippen MR) is 104 cm³/mol. The van der Waals surface area contributed by atoms with Gasteiger partial charge in [0.1, 0.15) is 18.2 Å². The van der Waals surface area contributed by atoms with Crippen LogP contribution in [0.1, 0.15) is 12.5 Å². The van der Waals surface area contributed by atoms with Crippen LogP contribution in [0.4, 0.5) is 4.39 Å². The summed E-state index contributed by atoms with van der Waals surface area (Å²) in [7, 11) is 0. The minimum Gasteiger partial charge on any atom is -0.490 e. The zero-order chi connectivity index (χ0) is 16.3. The van der Waals surface area contributed by atoms with Crippen LogP contribution in [-0.2, 0) is 6.54 Å². The number of hydrogen-bond donors (Lipinski definition) is 2. The molecule has 0 unspecified atom stereocenters. The van der Waals surface area contributed by atoms with Crippen LogP contribution >= 0.6 is 24.0 Å². The number of rotatable bonds is 7. The first kappa shape index (κ1) is 20.1. The Morgan fingerprint density at radius 1 is 1.21 bits per heavy atom. The van der Waals surface area contributed by atoms with Crippen LogP contribution in [-0.4, -0.2) is 30.6 Å². The fourth-order valence-corrected chi connectivity index (χ4v) is 1.87. The van der Waals surface area contributed by atoms with Gasteiger partial charge in [0, 0.05) is 12.7 Å². The van der Waals surface area contributed by atoms with Crippen molar-refractivity contribution in [3.63, 3.8) is 0 Å². The normalized spacial score (nSPS) is 10.7. The zero-order valence-electron chi connectivity index (χ0n) is 13.5. The van der Waals surface area contributed by atoms with Crippen molar-refractivity contribution in [2.24, 2.45) is 4.99 Å². The van der Waals surface area contributed by atoms with Gasteiger partial charge in [-0.25, -0.2) is 9.38 Å². The monoisotopic (exact) mass is 444 g/mol. The number of nitrogens with zero attached hydrogens (tertiary/aromatic N) is 2. The predicted octanol–water partition coefficient (Wildman–Crippen LogP) is 2.97. The number of pyridine rings is 1. The highest BCUT2D eigenvalue weighted by molar-refractivity contribution is 14.0. The second kappa shape index (κ2) is 11.6. The largest absolute Gasteiger partial charge is 0.490 e. The van der Waals surface area contributed by atoms with Crippen molar-refractivity contribution in [1.29, 1.82) is 0 Å². The molecule has 0 fully saturated rings. The van der Waals surface area contributed by atoms with E-state index in [1.54, 1.807) is 24.5 Å². The van der Waals surface area contributed by atoms with Gasteiger partial charge in [-0.1, -0.05) is 12.1 Å². The average Bonchev–Trinajstić information content (AvgIpc) is 2.59. The van der Waals surface area contributed by atoms with E-state index in [4.69, 9.17) is 4.74 Å². The van der Waals surface area contributed by atoms with Crippen molar-refractivity contribution in [2.45, 2.75) is 13.5 Å². The van der Waals surface area contributed by atoms with Gasteiger partial charge < -0.3 is 15.4 Å². The fraction of sp³-hybridized carbons (Fsp3) is 0.294. The number of hydrogen-bond acceptors (Lipinski definition) is 3. The van der Waals surface area contributed by atoms with Crippen LogP contribution in [0.2, 0.25) is 0 Å². The van der Waals surface area contributed by atoms with E-state index < -0.39 is 0 Å². The molecule has 0 atom stereocenters. The molecule has 0 radical (unpaired) electrons. The second-order valence-electron chi connectivity index (χ2n) is 4.79. The first-order chi connectivity index (χ1) is 11.3. The molecule has 7 heteroatoms. The van der Waals surface area contributed by atoms with Gasteiger partial charge in [0.05, 0.1) is 19.3 Å². The third kappa shape index (κ3) is 7.58. The van der Waals surface area contributed by atoms with Gasteiger partial charge in [0.25, 0.3) is 0 Å². The van der Waals surface area contributed by atoms with Crippen molar-refractivity contribution in [3.8, 4) is 5.75 Å². The minimum absolute atomic E-state index is 0. The average molecular weight is 444 g/mol. The summed E-state index contributed by atoms with van der Waals surface area (Å²) in [6.45, 7) is 4.37. The molecule has 0 saturated carbocycles. The Morgan fingerprint density at radius 3 is 2.67 bits per heavy atom. The lowest BCUT2D eigenvalue weighted by Gasteiger charge is -2.12. The minimum atomic E-state index is -0.240. The molecular formula is C17H22FIN4O. The molecule has 2 N–H and O–H groups in total.